The van der Waals surface area contributed by atoms with Gasteiger partial charge in [0.2, 0.25) is 11.7 Å². The highest BCUT2D eigenvalue weighted by Crippen LogP contribution is 2.54. The molecule has 0 unspecified atom stereocenters. The van der Waals surface area contributed by atoms with Crippen molar-refractivity contribution in [1.29, 1.82) is 0 Å². The van der Waals surface area contributed by atoms with Crippen LogP contribution in [0.1, 0.15) is 29.7 Å². The van der Waals surface area contributed by atoms with Gasteiger partial charge in [-0.25, -0.2) is 13.2 Å². The third-order valence-electron chi connectivity index (χ3n) is 4.12. The summed E-state index contributed by atoms with van der Waals surface area (Å²) in [4.78, 5) is 4.32. The van der Waals surface area contributed by atoms with Crippen LogP contribution in [0.15, 0.2) is 35.1 Å². The van der Waals surface area contributed by atoms with Gasteiger partial charge in [0.25, 0.3) is 0 Å². The first kappa shape index (κ1) is 14.9. The van der Waals surface area contributed by atoms with Crippen LogP contribution in [0, 0.1) is 11.6 Å². The second-order valence-corrected chi connectivity index (χ2v) is 5.75. The number of aromatic nitrogens is 4. The molecule has 24 heavy (non-hydrogen) atoms. The van der Waals surface area contributed by atoms with Gasteiger partial charge in [0.05, 0.1) is 18.3 Å². The normalized spacial score (nSPS) is 19.6. The molecule has 3 aromatic rings. The molecule has 1 fully saturated rings. The molecule has 1 aliphatic carbocycles. The molecular weight excluding hydrogens is 321 g/mol. The van der Waals surface area contributed by atoms with Crippen LogP contribution >= 0.6 is 0 Å². The summed E-state index contributed by atoms with van der Waals surface area (Å²) >= 11 is 0. The van der Waals surface area contributed by atoms with Gasteiger partial charge in [0.15, 0.2) is 0 Å². The first-order valence-corrected chi connectivity index (χ1v) is 7.53. The Morgan fingerprint density at radius 3 is 2.92 bits per heavy atom. The molecule has 1 saturated carbocycles. The van der Waals surface area contributed by atoms with Gasteiger partial charge in [0.1, 0.15) is 18.3 Å². The topological polar surface area (TPSA) is 56.7 Å². The summed E-state index contributed by atoms with van der Waals surface area (Å²) in [6.07, 6.45) is 3.85. The molecule has 0 radical (unpaired) electrons. The summed E-state index contributed by atoms with van der Waals surface area (Å²) in [5, 5.41) is 7.90. The third-order valence-corrected chi connectivity index (χ3v) is 4.12. The zero-order chi connectivity index (χ0) is 16.7. The van der Waals surface area contributed by atoms with Crippen molar-refractivity contribution >= 4 is 0 Å². The molecule has 2 heterocycles. The summed E-state index contributed by atoms with van der Waals surface area (Å²) in [6.45, 7) is -0.342. The minimum absolute atomic E-state index is 0.0768. The number of halogens is 3. The molecule has 1 aromatic carbocycles. The van der Waals surface area contributed by atoms with Gasteiger partial charge in [-0.05, 0) is 24.0 Å². The summed E-state index contributed by atoms with van der Waals surface area (Å²) in [6, 6.07) is 3.57. The van der Waals surface area contributed by atoms with Crippen molar-refractivity contribution in [2.45, 2.75) is 24.8 Å². The lowest BCUT2D eigenvalue weighted by Gasteiger charge is -2.00. The number of hydrogen-bond donors (Lipinski definition) is 0. The van der Waals surface area contributed by atoms with Crippen molar-refractivity contribution < 1.29 is 17.7 Å². The second kappa shape index (κ2) is 5.77. The van der Waals surface area contributed by atoms with Gasteiger partial charge >= 0.3 is 0 Å². The van der Waals surface area contributed by atoms with E-state index < -0.39 is 18.3 Å². The summed E-state index contributed by atoms with van der Waals surface area (Å²) in [7, 11) is 0. The Kier molecular flexibility index (Phi) is 3.59. The first-order valence-electron chi connectivity index (χ1n) is 7.53. The van der Waals surface area contributed by atoms with E-state index in [1.165, 1.54) is 23.0 Å². The fourth-order valence-electron chi connectivity index (χ4n) is 2.80. The molecule has 0 bridgehead atoms. The van der Waals surface area contributed by atoms with Crippen LogP contribution in [0.4, 0.5) is 13.2 Å². The molecule has 0 N–H and O–H groups in total. The van der Waals surface area contributed by atoms with Crippen LogP contribution in [-0.2, 0) is 6.54 Å². The van der Waals surface area contributed by atoms with E-state index in [2.05, 4.69) is 15.2 Å². The van der Waals surface area contributed by atoms with Gasteiger partial charge < -0.3 is 4.52 Å². The number of hydrogen-bond acceptors (Lipinski definition) is 4. The molecular formula is C16H13F3N4O. The molecule has 2 aromatic heterocycles. The van der Waals surface area contributed by atoms with E-state index >= 15 is 0 Å². The van der Waals surface area contributed by atoms with Crippen LogP contribution in [0.3, 0.4) is 0 Å². The minimum Gasteiger partial charge on any atom is -0.339 e. The Bertz CT molecular complexity index is 876. The second-order valence-electron chi connectivity index (χ2n) is 5.75. The largest absolute Gasteiger partial charge is 0.339 e. The Morgan fingerprint density at radius 1 is 1.25 bits per heavy atom. The van der Waals surface area contributed by atoms with Crippen LogP contribution < -0.4 is 0 Å². The van der Waals surface area contributed by atoms with Crippen molar-refractivity contribution in [2.24, 2.45) is 0 Å². The zero-order valence-corrected chi connectivity index (χ0v) is 12.5. The monoisotopic (exact) mass is 334 g/mol. The predicted octanol–water partition coefficient (Wildman–Crippen LogP) is 3.45. The standard InChI is InChI=1S/C16H13F3N4O/c17-3-4-23-8-9(7-20-23)15-21-16(24-22-15)13-6-12(13)11-2-1-10(18)5-14(11)19/h1-2,5,7-8,12-13H,3-4,6H2/t12-,13+/m0/s1. The maximum Gasteiger partial charge on any atom is 0.230 e. The highest BCUT2D eigenvalue weighted by atomic mass is 19.1. The molecule has 2 atom stereocenters. The van der Waals surface area contributed by atoms with E-state index in [1.807, 2.05) is 0 Å². The highest BCUT2D eigenvalue weighted by Gasteiger charge is 2.45. The molecule has 0 amide bonds. The Morgan fingerprint density at radius 2 is 2.12 bits per heavy atom. The molecule has 0 aliphatic heterocycles. The summed E-state index contributed by atoms with van der Waals surface area (Å²) in [5.41, 5.74) is 1.08. The van der Waals surface area contributed by atoms with Crippen LogP contribution in [0.5, 0.6) is 0 Å². The third kappa shape index (κ3) is 2.68. The van der Waals surface area contributed by atoms with Gasteiger partial charge in [-0.2, -0.15) is 10.1 Å². The number of alkyl halides is 1. The maximum absolute atomic E-state index is 13.8. The maximum atomic E-state index is 13.8. The number of rotatable bonds is 5. The molecule has 1 aliphatic rings. The van der Waals surface area contributed by atoms with Crippen LogP contribution in [0.2, 0.25) is 0 Å². The van der Waals surface area contributed by atoms with Crippen molar-refractivity contribution in [3.8, 4) is 11.4 Å². The van der Waals surface area contributed by atoms with E-state index in [0.29, 0.717) is 29.3 Å². The van der Waals surface area contributed by atoms with E-state index in [-0.39, 0.29) is 18.4 Å². The van der Waals surface area contributed by atoms with Gasteiger partial charge in [-0.3, -0.25) is 4.68 Å². The smallest absolute Gasteiger partial charge is 0.230 e. The van der Waals surface area contributed by atoms with E-state index in [9.17, 15) is 13.2 Å². The van der Waals surface area contributed by atoms with Gasteiger partial charge in [-0.15, -0.1) is 0 Å². The first-order chi connectivity index (χ1) is 11.7. The highest BCUT2D eigenvalue weighted by molar-refractivity contribution is 5.51. The van der Waals surface area contributed by atoms with Crippen molar-refractivity contribution in [3.05, 3.63) is 53.7 Å². The molecule has 4 rings (SSSR count). The lowest BCUT2D eigenvalue weighted by Crippen LogP contribution is -1.98. The van der Waals surface area contributed by atoms with E-state index in [4.69, 9.17) is 4.52 Å². The molecule has 124 valence electrons. The summed E-state index contributed by atoms with van der Waals surface area (Å²) in [5.74, 6) is -0.550. The van der Waals surface area contributed by atoms with E-state index in [0.717, 1.165) is 6.07 Å². The molecule has 8 heteroatoms. The Balaban J connectivity index is 1.51. The summed E-state index contributed by atoms with van der Waals surface area (Å²) < 4.78 is 45.8. The molecule has 5 nitrogen and oxygen atoms in total. The van der Waals surface area contributed by atoms with Crippen molar-refractivity contribution in [3.63, 3.8) is 0 Å². The quantitative estimate of drug-likeness (QED) is 0.717. The predicted molar refractivity (Wildman–Crippen MR) is 78.0 cm³/mol. The van der Waals surface area contributed by atoms with Crippen LogP contribution in [-0.4, -0.2) is 26.6 Å². The van der Waals surface area contributed by atoms with E-state index in [1.54, 1.807) is 6.20 Å². The average molecular weight is 334 g/mol. The fraction of sp³-hybridized carbons (Fsp3) is 0.312. The SMILES string of the molecule is FCCn1cc(-c2noc([C@@H]3C[C@H]3c3ccc(F)cc3F)n2)cn1. The Hall–Kier alpha value is -2.64. The number of benzene rings is 1. The van der Waals surface area contributed by atoms with Crippen LogP contribution in [0.25, 0.3) is 11.4 Å². The lowest BCUT2D eigenvalue weighted by atomic mass is 10.1. The zero-order valence-electron chi connectivity index (χ0n) is 12.5. The lowest BCUT2D eigenvalue weighted by molar-refractivity contribution is 0.378. The van der Waals surface area contributed by atoms with Gasteiger partial charge in [-0.1, -0.05) is 11.2 Å². The Labute approximate surface area is 135 Å². The van der Waals surface area contributed by atoms with Gasteiger partial charge in [0, 0.05) is 18.2 Å². The molecule has 0 spiro atoms. The van der Waals surface area contributed by atoms with Crippen molar-refractivity contribution in [1.82, 2.24) is 19.9 Å². The van der Waals surface area contributed by atoms with Crippen molar-refractivity contribution in [2.75, 3.05) is 6.67 Å². The number of nitrogens with zero attached hydrogens (tertiary/aromatic N) is 4. The minimum atomic E-state index is -0.598. The fourth-order valence-corrected chi connectivity index (χ4v) is 2.80. The average Bonchev–Trinajstić information content (AvgIpc) is 2.97. The number of aryl methyl sites for hydroxylation is 1. The molecule has 0 saturated heterocycles.